The smallest absolute Gasteiger partial charge is 0.0638 e. The minimum absolute atomic E-state index is 0.112. The van der Waals surface area contributed by atoms with Gasteiger partial charge in [0.2, 0.25) is 0 Å². The van der Waals surface area contributed by atoms with E-state index in [2.05, 4.69) is 0 Å². The van der Waals surface area contributed by atoms with Gasteiger partial charge in [-0.25, -0.2) is 0 Å². The molecule has 1 aliphatic rings. The third kappa shape index (κ3) is 2.20. The third-order valence-corrected chi connectivity index (χ3v) is 3.06. The van der Waals surface area contributed by atoms with Gasteiger partial charge in [-0.2, -0.15) is 0 Å². The van der Waals surface area contributed by atoms with E-state index in [4.69, 9.17) is 23.1 Å². The van der Waals surface area contributed by atoms with E-state index < -0.39 is 0 Å². The van der Waals surface area contributed by atoms with Crippen molar-refractivity contribution in [3.8, 4) is 0 Å². The molecule has 2 rings (SSSR count). The predicted octanol–water partition coefficient (Wildman–Crippen LogP) is 2.72. The molecule has 76 valence electrons. The molecule has 1 fully saturated rings. The van der Waals surface area contributed by atoms with Crippen LogP contribution in [0.5, 0.6) is 0 Å². The Kier molecular flexibility index (Phi) is 2.66. The molecule has 0 heterocycles. The summed E-state index contributed by atoms with van der Waals surface area (Å²) in [5, 5.41) is 0.605. The summed E-state index contributed by atoms with van der Waals surface area (Å²) in [6, 6.07) is 5.78. The van der Waals surface area contributed by atoms with E-state index in [0.717, 1.165) is 17.9 Å². The van der Waals surface area contributed by atoms with E-state index in [1.165, 1.54) is 12.8 Å². The van der Waals surface area contributed by atoms with Crippen LogP contribution in [0.1, 0.15) is 30.9 Å². The fourth-order valence-electron chi connectivity index (χ4n) is 1.62. The lowest BCUT2D eigenvalue weighted by Gasteiger charge is -2.12. The topological polar surface area (TPSA) is 52.0 Å². The predicted molar refractivity (Wildman–Crippen MR) is 60.1 cm³/mol. The van der Waals surface area contributed by atoms with Crippen LogP contribution >= 0.6 is 11.6 Å². The highest BCUT2D eigenvalue weighted by atomic mass is 35.5. The van der Waals surface area contributed by atoms with Gasteiger partial charge in [-0.1, -0.05) is 30.5 Å². The van der Waals surface area contributed by atoms with E-state index in [1.807, 2.05) is 18.2 Å². The lowest BCUT2D eigenvalue weighted by atomic mass is 10.0. The Bertz CT molecular complexity index is 334. The fourth-order valence-corrected chi connectivity index (χ4v) is 1.81. The second kappa shape index (κ2) is 3.79. The second-order valence-corrected chi connectivity index (χ2v) is 4.47. The SMILES string of the molecule is Nc1ccc(C(N)CC2CC2)cc1Cl. The van der Waals surface area contributed by atoms with E-state index >= 15 is 0 Å². The van der Waals surface area contributed by atoms with Crippen LogP contribution in [-0.4, -0.2) is 0 Å². The zero-order chi connectivity index (χ0) is 10.1. The summed E-state index contributed by atoms with van der Waals surface area (Å²) in [4.78, 5) is 0. The van der Waals surface area contributed by atoms with E-state index in [0.29, 0.717) is 10.7 Å². The minimum atomic E-state index is 0.112. The Hall–Kier alpha value is -0.730. The number of rotatable bonds is 3. The first-order valence-electron chi connectivity index (χ1n) is 4.97. The van der Waals surface area contributed by atoms with Crippen LogP contribution in [0.25, 0.3) is 0 Å². The number of halogens is 1. The average molecular weight is 211 g/mol. The average Bonchev–Trinajstić information content (AvgIpc) is 2.93. The molecule has 1 unspecified atom stereocenters. The first kappa shape index (κ1) is 9.81. The van der Waals surface area contributed by atoms with Gasteiger partial charge >= 0.3 is 0 Å². The first-order chi connectivity index (χ1) is 6.66. The Balaban J connectivity index is 2.10. The van der Waals surface area contributed by atoms with Crippen molar-refractivity contribution >= 4 is 17.3 Å². The molecule has 1 saturated carbocycles. The Labute approximate surface area is 89.2 Å². The maximum Gasteiger partial charge on any atom is 0.0638 e. The highest BCUT2D eigenvalue weighted by Crippen LogP contribution is 2.37. The van der Waals surface area contributed by atoms with Gasteiger partial charge in [0.25, 0.3) is 0 Å². The zero-order valence-corrected chi connectivity index (χ0v) is 8.80. The number of benzene rings is 1. The lowest BCUT2D eigenvalue weighted by Crippen LogP contribution is -2.11. The van der Waals surface area contributed by atoms with E-state index in [-0.39, 0.29) is 6.04 Å². The van der Waals surface area contributed by atoms with Crippen molar-refractivity contribution in [3.63, 3.8) is 0 Å². The molecule has 1 atom stereocenters. The van der Waals surface area contributed by atoms with Crippen LogP contribution < -0.4 is 11.5 Å². The van der Waals surface area contributed by atoms with Gasteiger partial charge in [0, 0.05) is 6.04 Å². The number of nitrogens with two attached hydrogens (primary N) is 2. The molecule has 2 nitrogen and oxygen atoms in total. The summed E-state index contributed by atoms with van der Waals surface area (Å²) in [6.45, 7) is 0. The molecule has 0 bridgehead atoms. The maximum atomic E-state index is 6.06. The third-order valence-electron chi connectivity index (χ3n) is 2.74. The van der Waals surface area contributed by atoms with Gasteiger partial charge in [-0.05, 0) is 30.0 Å². The van der Waals surface area contributed by atoms with Crippen molar-refractivity contribution < 1.29 is 0 Å². The molecule has 3 heteroatoms. The van der Waals surface area contributed by atoms with Crippen molar-refractivity contribution in [2.45, 2.75) is 25.3 Å². The molecule has 0 amide bonds. The molecule has 0 radical (unpaired) electrons. The second-order valence-electron chi connectivity index (χ2n) is 4.07. The van der Waals surface area contributed by atoms with Crippen molar-refractivity contribution in [1.82, 2.24) is 0 Å². The number of hydrogen-bond acceptors (Lipinski definition) is 2. The van der Waals surface area contributed by atoms with E-state index in [1.54, 1.807) is 0 Å². The summed E-state index contributed by atoms with van der Waals surface area (Å²) in [7, 11) is 0. The van der Waals surface area contributed by atoms with Gasteiger partial charge in [0.05, 0.1) is 10.7 Å². The molecule has 0 aromatic heterocycles. The van der Waals surface area contributed by atoms with Gasteiger partial charge in [-0.15, -0.1) is 0 Å². The molecule has 0 spiro atoms. The molecule has 1 aromatic carbocycles. The standard InChI is InChI=1S/C11H15ClN2/c12-9-6-8(3-4-10(9)13)11(14)5-7-1-2-7/h3-4,6-7,11H,1-2,5,13-14H2. The summed E-state index contributed by atoms with van der Waals surface area (Å²) in [5.41, 5.74) is 13.4. The summed E-state index contributed by atoms with van der Waals surface area (Å²) >= 11 is 5.93. The fraction of sp³-hybridized carbons (Fsp3) is 0.455. The summed E-state index contributed by atoms with van der Waals surface area (Å²) in [5.74, 6) is 0.835. The lowest BCUT2D eigenvalue weighted by molar-refractivity contribution is 0.597. The molecule has 4 N–H and O–H groups in total. The number of anilines is 1. The molecule has 1 aromatic rings. The number of nitrogen functional groups attached to an aromatic ring is 1. The summed E-state index contributed by atoms with van der Waals surface area (Å²) < 4.78 is 0. The van der Waals surface area contributed by atoms with E-state index in [9.17, 15) is 0 Å². The molecule has 14 heavy (non-hydrogen) atoms. The van der Waals surface area contributed by atoms with Gasteiger partial charge in [0.15, 0.2) is 0 Å². The monoisotopic (exact) mass is 210 g/mol. The normalized spacial score (nSPS) is 18.1. The zero-order valence-electron chi connectivity index (χ0n) is 8.04. The minimum Gasteiger partial charge on any atom is -0.398 e. The Morgan fingerprint density at radius 2 is 2.14 bits per heavy atom. The van der Waals surface area contributed by atoms with Gasteiger partial charge in [0.1, 0.15) is 0 Å². The Morgan fingerprint density at radius 1 is 1.43 bits per heavy atom. The number of hydrogen-bond donors (Lipinski definition) is 2. The van der Waals surface area contributed by atoms with Crippen molar-refractivity contribution in [1.29, 1.82) is 0 Å². The highest BCUT2D eigenvalue weighted by Gasteiger charge is 2.24. The summed E-state index contributed by atoms with van der Waals surface area (Å²) in [6.07, 6.45) is 3.73. The van der Waals surface area contributed by atoms with Crippen LogP contribution in [0.4, 0.5) is 5.69 Å². The van der Waals surface area contributed by atoms with Gasteiger partial charge < -0.3 is 11.5 Å². The molecule has 0 aliphatic heterocycles. The van der Waals surface area contributed by atoms with Crippen LogP contribution in [0, 0.1) is 5.92 Å². The van der Waals surface area contributed by atoms with Crippen LogP contribution in [0.15, 0.2) is 18.2 Å². The highest BCUT2D eigenvalue weighted by molar-refractivity contribution is 6.33. The van der Waals surface area contributed by atoms with Crippen LogP contribution in [0.3, 0.4) is 0 Å². The molecular formula is C11H15ClN2. The van der Waals surface area contributed by atoms with Crippen molar-refractivity contribution in [2.75, 3.05) is 5.73 Å². The molecule has 0 saturated heterocycles. The quantitative estimate of drug-likeness (QED) is 0.754. The molecular weight excluding hydrogens is 196 g/mol. The molecule has 1 aliphatic carbocycles. The van der Waals surface area contributed by atoms with Crippen LogP contribution in [0.2, 0.25) is 5.02 Å². The Morgan fingerprint density at radius 3 is 2.71 bits per heavy atom. The largest absolute Gasteiger partial charge is 0.398 e. The van der Waals surface area contributed by atoms with Crippen molar-refractivity contribution in [2.24, 2.45) is 11.7 Å². The van der Waals surface area contributed by atoms with Crippen LogP contribution in [-0.2, 0) is 0 Å². The maximum absolute atomic E-state index is 6.06. The van der Waals surface area contributed by atoms with Crippen molar-refractivity contribution in [3.05, 3.63) is 28.8 Å². The van der Waals surface area contributed by atoms with Gasteiger partial charge in [-0.3, -0.25) is 0 Å². The first-order valence-corrected chi connectivity index (χ1v) is 5.35.